The molecule has 0 saturated carbocycles. The SMILES string of the molecule is CC(C)[C@H](NC(=O)c1cccc2c1-c1ccccc1C2=O)C(=O)N1CCC[C@H]1C(=O)N[C@H](C=O)CC(=O)O. The van der Waals surface area contributed by atoms with Crippen molar-refractivity contribution in [3.05, 3.63) is 59.2 Å². The summed E-state index contributed by atoms with van der Waals surface area (Å²) in [5.74, 6) is -3.29. The lowest BCUT2D eigenvalue weighted by Gasteiger charge is -2.31. The van der Waals surface area contributed by atoms with Crippen molar-refractivity contribution >= 4 is 35.8 Å². The normalized spacial score (nSPS) is 17.4. The summed E-state index contributed by atoms with van der Waals surface area (Å²) in [5, 5.41) is 14.2. The monoisotopic (exact) mass is 519 g/mol. The number of hydrogen-bond acceptors (Lipinski definition) is 6. The van der Waals surface area contributed by atoms with Crippen LogP contribution < -0.4 is 10.6 Å². The van der Waals surface area contributed by atoms with Gasteiger partial charge >= 0.3 is 5.97 Å². The van der Waals surface area contributed by atoms with Crippen molar-refractivity contribution in [1.29, 1.82) is 0 Å². The molecule has 0 radical (unpaired) electrons. The van der Waals surface area contributed by atoms with Gasteiger partial charge < -0.3 is 25.4 Å². The van der Waals surface area contributed by atoms with E-state index in [2.05, 4.69) is 10.6 Å². The molecule has 0 aromatic heterocycles. The van der Waals surface area contributed by atoms with E-state index in [1.54, 1.807) is 56.3 Å². The maximum atomic E-state index is 13.6. The highest BCUT2D eigenvalue weighted by molar-refractivity contribution is 6.24. The standard InChI is InChI=1S/C28H29N3O7/c1-15(2)24(28(38)31-12-6-11-21(31)27(37)29-16(14-32)13-22(33)34)30-26(36)20-10-5-9-19-23(20)17-7-3-4-8-18(17)25(19)35/h3-5,7-10,14-16,21,24H,6,11-13H2,1-2H3,(H,29,37)(H,30,36)(H,33,34)/t16-,21-,24-/m0/s1. The molecule has 10 nitrogen and oxygen atoms in total. The topological polar surface area (TPSA) is 150 Å². The molecule has 1 aliphatic carbocycles. The van der Waals surface area contributed by atoms with Crippen LogP contribution in [0.2, 0.25) is 0 Å². The molecule has 2 aromatic carbocycles. The Morgan fingerprint density at radius 3 is 2.37 bits per heavy atom. The van der Waals surface area contributed by atoms with Gasteiger partial charge in [0, 0.05) is 28.8 Å². The zero-order valence-corrected chi connectivity index (χ0v) is 21.1. The molecule has 0 bridgehead atoms. The van der Waals surface area contributed by atoms with E-state index in [1.165, 1.54) is 4.90 Å². The van der Waals surface area contributed by atoms with E-state index >= 15 is 0 Å². The second-order valence-electron chi connectivity index (χ2n) is 9.84. The van der Waals surface area contributed by atoms with Crippen LogP contribution in [-0.4, -0.2) is 70.4 Å². The lowest BCUT2D eigenvalue weighted by atomic mass is 9.97. The van der Waals surface area contributed by atoms with Crippen molar-refractivity contribution in [2.75, 3.05) is 6.54 Å². The van der Waals surface area contributed by atoms with Crippen molar-refractivity contribution in [3.8, 4) is 11.1 Å². The van der Waals surface area contributed by atoms with Crippen molar-refractivity contribution in [2.24, 2.45) is 5.92 Å². The number of amides is 3. The molecule has 38 heavy (non-hydrogen) atoms. The Morgan fingerprint density at radius 2 is 1.71 bits per heavy atom. The third-order valence-electron chi connectivity index (χ3n) is 6.94. The second kappa shape index (κ2) is 11.0. The van der Waals surface area contributed by atoms with Crippen LogP contribution in [0.4, 0.5) is 0 Å². The molecular formula is C28H29N3O7. The van der Waals surface area contributed by atoms with E-state index < -0.39 is 48.2 Å². The number of ketones is 1. The largest absolute Gasteiger partial charge is 0.481 e. The average Bonchev–Trinajstić information content (AvgIpc) is 3.50. The molecule has 0 unspecified atom stereocenters. The molecule has 3 N–H and O–H groups in total. The molecule has 0 spiro atoms. The highest BCUT2D eigenvalue weighted by Gasteiger charge is 2.40. The number of carbonyl (C=O) groups excluding carboxylic acids is 5. The van der Waals surface area contributed by atoms with Crippen molar-refractivity contribution in [3.63, 3.8) is 0 Å². The Hall–Kier alpha value is -4.34. The molecule has 3 atom stereocenters. The predicted molar refractivity (Wildman–Crippen MR) is 136 cm³/mol. The smallest absolute Gasteiger partial charge is 0.305 e. The number of rotatable bonds is 9. The van der Waals surface area contributed by atoms with Gasteiger partial charge in [-0.2, -0.15) is 0 Å². The lowest BCUT2D eigenvalue weighted by Crippen LogP contribution is -2.56. The Balaban J connectivity index is 1.55. The third-order valence-corrected chi connectivity index (χ3v) is 6.94. The molecule has 198 valence electrons. The van der Waals surface area contributed by atoms with Gasteiger partial charge in [-0.25, -0.2) is 0 Å². The van der Waals surface area contributed by atoms with Crippen molar-refractivity contribution in [2.45, 2.75) is 51.2 Å². The van der Waals surface area contributed by atoms with Crippen LogP contribution in [0.15, 0.2) is 42.5 Å². The fourth-order valence-electron chi connectivity index (χ4n) is 5.08. The summed E-state index contributed by atoms with van der Waals surface area (Å²) in [5.41, 5.74) is 2.40. The van der Waals surface area contributed by atoms with Crippen LogP contribution in [0.5, 0.6) is 0 Å². The minimum absolute atomic E-state index is 0.163. The van der Waals surface area contributed by atoms with Crippen LogP contribution in [0, 0.1) is 5.92 Å². The van der Waals surface area contributed by atoms with Gasteiger partial charge in [0.25, 0.3) is 5.91 Å². The molecular weight excluding hydrogens is 490 g/mol. The zero-order chi connectivity index (χ0) is 27.6. The number of benzene rings is 2. The number of carbonyl (C=O) groups is 6. The number of carboxylic acid groups (broad SMARTS) is 1. The molecule has 1 heterocycles. The number of carboxylic acids is 1. The van der Waals surface area contributed by atoms with Gasteiger partial charge in [-0.3, -0.25) is 24.0 Å². The van der Waals surface area contributed by atoms with Gasteiger partial charge in [0.15, 0.2) is 5.78 Å². The van der Waals surface area contributed by atoms with Crippen LogP contribution in [-0.2, 0) is 19.2 Å². The predicted octanol–water partition coefficient (Wildman–Crippen LogP) is 1.80. The summed E-state index contributed by atoms with van der Waals surface area (Å²) >= 11 is 0. The van der Waals surface area contributed by atoms with Gasteiger partial charge in [-0.05, 0) is 30.4 Å². The van der Waals surface area contributed by atoms with Gasteiger partial charge in [0.2, 0.25) is 11.8 Å². The van der Waals surface area contributed by atoms with Gasteiger partial charge in [-0.15, -0.1) is 0 Å². The summed E-state index contributed by atoms with van der Waals surface area (Å²) in [6.07, 6.45) is 0.678. The number of hydrogen-bond donors (Lipinski definition) is 3. The van der Waals surface area contributed by atoms with Crippen molar-refractivity contribution in [1.82, 2.24) is 15.5 Å². The first kappa shape index (κ1) is 26.7. The molecule has 1 fully saturated rings. The molecule has 10 heteroatoms. The molecule has 1 saturated heterocycles. The highest BCUT2D eigenvalue weighted by atomic mass is 16.4. The summed E-state index contributed by atoms with van der Waals surface area (Å²) in [7, 11) is 0. The van der Waals surface area contributed by atoms with Gasteiger partial charge in [0.05, 0.1) is 12.5 Å². The first-order chi connectivity index (χ1) is 18.1. The molecule has 4 rings (SSSR count). The first-order valence-corrected chi connectivity index (χ1v) is 12.5. The number of nitrogens with zero attached hydrogens (tertiary/aromatic N) is 1. The number of nitrogens with one attached hydrogen (secondary N) is 2. The van der Waals surface area contributed by atoms with E-state index in [-0.39, 0.29) is 23.8 Å². The van der Waals surface area contributed by atoms with Crippen LogP contribution >= 0.6 is 0 Å². The Labute approximate surface area is 219 Å². The molecule has 2 aliphatic rings. The maximum absolute atomic E-state index is 13.6. The van der Waals surface area contributed by atoms with Crippen LogP contribution in [0.25, 0.3) is 11.1 Å². The zero-order valence-electron chi connectivity index (χ0n) is 21.1. The van der Waals surface area contributed by atoms with Crippen LogP contribution in [0.1, 0.15) is 59.4 Å². The fourth-order valence-corrected chi connectivity index (χ4v) is 5.08. The molecule has 1 aliphatic heterocycles. The Kier molecular flexibility index (Phi) is 7.70. The molecule has 2 aromatic rings. The first-order valence-electron chi connectivity index (χ1n) is 12.5. The van der Waals surface area contributed by atoms with E-state index in [0.29, 0.717) is 41.4 Å². The van der Waals surface area contributed by atoms with Gasteiger partial charge in [0.1, 0.15) is 18.4 Å². The highest BCUT2D eigenvalue weighted by Crippen LogP contribution is 2.38. The minimum atomic E-state index is -1.24. The van der Waals surface area contributed by atoms with E-state index in [4.69, 9.17) is 5.11 Å². The van der Waals surface area contributed by atoms with Gasteiger partial charge in [-0.1, -0.05) is 50.2 Å². The summed E-state index contributed by atoms with van der Waals surface area (Å²) in [4.78, 5) is 76.3. The minimum Gasteiger partial charge on any atom is -0.481 e. The number of fused-ring (bicyclic) bond motifs is 3. The molecule has 3 amide bonds. The van der Waals surface area contributed by atoms with E-state index in [0.717, 1.165) is 0 Å². The van der Waals surface area contributed by atoms with Crippen LogP contribution in [0.3, 0.4) is 0 Å². The summed E-state index contributed by atoms with van der Waals surface area (Å²) in [6.45, 7) is 3.83. The summed E-state index contributed by atoms with van der Waals surface area (Å²) < 4.78 is 0. The number of aliphatic carboxylic acids is 1. The average molecular weight is 520 g/mol. The van der Waals surface area contributed by atoms with E-state index in [9.17, 15) is 28.8 Å². The quantitative estimate of drug-likeness (QED) is 0.365. The maximum Gasteiger partial charge on any atom is 0.305 e. The Bertz CT molecular complexity index is 1320. The number of likely N-dealkylation sites (tertiary alicyclic amines) is 1. The third kappa shape index (κ3) is 5.06. The van der Waals surface area contributed by atoms with E-state index in [1.807, 2.05) is 0 Å². The number of aldehydes is 1. The fraction of sp³-hybridized carbons (Fsp3) is 0.357. The lowest BCUT2D eigenvalue weighted by molar-refractivity contribution is -0.142. The van der Waals surface area contributed by atoms with Crippen molar-refractivity contribution < 1.29 is 33.9 Å². The summed E-state index contributed by atoms with van der Waals surface area (Å²) in [6, 6.07) is 8.91. The second-order valence-corrected chi connectivity index (χ2v) is 9.84. The Morgan fingerprint density at radius 1 is 1.03 bits per heavy atom.